The molecule has 2 rings (SSSR count). The van der Waals surface area contributed by atoms with Crippen molar-refractivity contribution in [3.8, 4) is 0 Å². The van der Waals surface area contributed by atoms with E-state index >= 15 is 0 Å². The molecule has 0 radical (unpaired) electrons. The molecule has 1 N–H and O–H groups in total. The number of hydrogen-bond acceptors (Lipinski definition) is 4. The predicted octanol–water partition coefficient (Wildman–Crippen LogP) is 0.819. The minimum Gasteiger partial charge on any atom is -0.478 e. The van der Waals surface area contributed by atoms with Crippen LogP contribution in [-0.4, -0.2) is 35.9 Å². The van der Waals surface area contributed by atoms with Gasteiger partial charge in [-0.2, -0.15) is 0 Å². The highest BCUT2D eigenvalue weighted by Gasteiger charge is 2.56. The first-order valence-electron chi connectivity index (χ1n) is 5.60. The number of hydrogen-bond donors (Lipinski definition) is 1. The molecule has 0 aromatic rings. The van der Waals surface area contributed by atoms with E-state index < -0.39 is 17.5 Å². The largest absolute Gasteiger partial charge is 0.478 e. The molecule has 2 saturated heterocycles. The molecule has 2 unspecified atom stereocenters. The van der Waals surface area contributed by atoms with Gasteiger partial charge < -0.3 is 14.6 Å². The highest BCUT2D eigenvalue weighted by molar-refractivity contribution is 5.87. The first-order valence-corrected chi connectivity index (χ1v) is 5.60. The van der Waals surface area contributed by atoms with Gasteiger partial charge in [-0.15, -0.1) is 0 Å². The Balaban J connectivity index is 2.22. The average molecular weight is 228 g/mol. The zero-order chi connectivity index (χ0) is 11.8. The zero-order valence-corrected chi connectivity index (χ0v) is 9.27. The van der Waals surface area contributed by atoms with Crippen LogP contribution >= 0.6 is 0 Å². The lowest BCUT2D eigenvalue weighted by Crippen LogP contribution is -2.47. The summed E-state index contributed by atoms with van der Waals surface area (Å²) in [7, 11) is 0. The van der Waals surface area contributed by atoms with Crippen molar-refractivity contribution >= 4 is 11.9 Å². The van der Waals surface area contributed by atoms with Crippen LogP contribution in [0, 0.1) is 11.8 Å². The van der Waals surface area contributed by atoms with E-state index in [9.17, 15) is 14.7 Å². The van der Waals surface area contributed by atoms with Gasteiger partial charge in [-0.25, -0.2) is 4.79 Å². The Bertz CT molecular complexity index is 307. The number of aliphatic carboxylic acids is 1. The minimum atomic E-state index is -1.31. The summed E-state index contributed by atoms with van der Waals surface area (Å²) < 4.78 is 10.4. The van der Waals surface area contributed by atoms with Crippen molar-refractivity contribution in [2.75, 3.05) is 13.2 Å². The maximum absolute atomic E-state index is 11.4. The Morgan fingerprint density at radius 2 is 2.06 bits per heavy atom. The molecule has 0 spiro atoms. The second kappa shape index (κ2) is 4.05. The van der Waals surface area contributed by atoms with Crippen molar-refractivity contribution in [3.05, 3.63) is 0 Å². The van der Waals surface area contributed by atoms with E-state index in [-0.39, 0.29) is 18.3 Å². The molecular weight excluding hydrogens is 212 g/mol. The maximum Gasteiger partial charge on any atom is 0.348 e. The molecule has 5 heteroatoms. The summed E-state index contributed by atoms with van der Waals surface area (Å²) in [5.41, 5.74) is -1.31. The predicted molar refractivity (Wildman–Crippen MR) is 53.8 cm³/mol. The molecule has 2 atom stereocenters. The van der Waals surface area contributed by atoms with Gasteiger partial charge in [-0.3, -0.25) is 4.79 Å². The number of esters is 1. The van der Waals surface area contributed by atoms with E-state index in [1.165, 1.54) is 0 Å². The molecule has 0 aromatic carbocycles. The standard InChI is InChI=1S/C11H16O5/c1-7-6-11(10(13)14,16-9(7)12)8-2-4-15-5-3-8/h7-8H,2-6H2,1H3,(H,13,14). The molecule has 2 heterocycles. The molecule has 2 aliphatic rings. The first-order chi connectivity index (χ1) is 7.56. The normalized spacial score (nSPS) is 36.1. The second-order valence-electron chi connectivity index (χ2n) is 4.61. The average Bonchev–Trinajstić information content (AvgIpc) is 2.58. The highest BCUT2D eigenvalue weighted by atomic mass is 16.6. The Hall–Kier alpha value is -1.10. The number of carboxylic acid groups (broad SMARTS) is 1. The van der Waals surface area contributed by atoms with E-state index in [1.54, 1.807) is 6.92 Å². The van der Waals surface area contributed by atoms with E-state index in [2.05, 4.69) is 0 Å². The van der Waals surface area contributed by atoms with Crippen LogP contribution in [0.5, 0.6) is 0 Å². The lowest BCUT2D eigenvalue weighted by molar-refractivity contribution is -0.179. The lowest BCUT2D eigenvalue weighted by atomic mass is 9.78. The van der Waals surface area contributed by atoms with E-state index in [4.69, 9.17) is 9.47 Å². The molecular formula is C11H16O5. The summed E-state index contributed by atoms with van der Waals surface area (Å²) in [5, 5.41) is 9.33. The van der Waals surface area contributed by atoms with Crippen molar-refractivity contribution in [2.45, 2.75) is 31.8 Å². The number of cyclic esters (lactones) is 1. The molecule has 90 valence electrons. The van der Waals surface area contributed by atoms with Crippen molar-refractivity contribution < 1.29 is 24.2 Å². The molecule has 0 amide bonds. The van der Waals surface area contributed by atoms with Gasteiger partial charge in [0.15, 0.2) is 0 Å². The van der Waals surface area contributed by atoms with Crippen LogP contribution < -0.4 is 0 Å². The number of rotatable bonds is 2. The van der Waals surface area contributed by atoms with Gasteiger partial charge in [0.25, 0.3) is 0 Å². The van der Waals surface area contributed by atoms with Gasteiger partial charge >= 0.3 is 11.9 Å². The third-order valence-corrected chi connectivity index (χ3v) is 3.54. The minimum absolute atomic E-state index is 0.118. The molecule has 0 aliphatic carbocycles. The monoisotopic (exact) mass is 228 g/mol. The number of ether oxygens (including phenoxy) is 2. The van der Waals surface area contributed by atoms with E-state index in [1.807, 2.05) is 0 Å². The fourth-order valence-electron chi connectivity index (χ4n) is 2.58. The third kappa shape index (κ3) is 1.69. The van der Waals surface area contributed by atoms with Crippen molar-refractivity contribution in [3.63, 3.8) is 0 Å². The van der Waals surface area contributed by atoms with Crippen LogP contribution in [0.1, 0.15) is 26.2 Å². The van der Waals surface area contributed by atoms with E-state index in [0.29, 0.717) is 26.1 Å². The van der Waals surface area contributed by atoms with Gasteiger partial charge in [0.1, 0.15) is 0 Å². The smallest absolute Gasteiger partial charge is 0.348 e. The van der Waals surface area contributed by atoms with Gasteiger partial charge in [0, 0.05) is 25.6 Å². The highest BCUT2D eigenvalue weighted by Crippen LogP contribution is 2.41. The number of carboxylic acids is 1. The van der Waals surface area contributed by atoms with Crippen LogP contribution in [0.15, 0.2) is 0 Å². The van der Waals surface area contributed by atoms with Crippen LogP contribution in [0.25, 0.3) is 0 Å². The zero-order valence-electron chi connectivity index (χ0n) is 9.27. The fourth-order valence-corrected chi connectivity index (χ4v) is 2.58. The first kappa shape index (κ1) is 11.4. The summed E-state index contributed by atoms with van der Waals surface area (Å²) in [6.45, 7) is 2.81. The second-order valence-corrected chi connectivity index (χ2v) is 4.61. The fraction of sp³-hybridized carbons (Fsp3) is 0.818. The Kier molecular flexibility index (Phi) is 2.88. The van der Waals surface area contributed by atoms with E-state index in [0.717, 1.165) is 0 Å². The van der Waals surface area contributed by atoms with Gasteiger partial charge in [-0.05, 0) is 12.8 Å². The Labute approximate surface area is 93.7 Å². The lowest BCUT2D eigenvalue weighted by Gasteiger charge is -2.34. The SMILES string of the molecule is CC1CC(C(=O)O)(C2CCOCC2)OC1=O. The topological polar surface area (TPSA) is 72.8 Å². The molecule has 16 heavy (non-hydrogen) atoms. The summed E-state index contributed by atoms with van der Waals surface area (Å²) in [5.74, 6) is -1.85. The quantitative estimate of drug-likeness (QED) is 0.708. The summed E-state index contributed by atoms with van der Waals surface area (Å²) in [4.78, 5) is 22.8. The van der Waals surface area contributed by atoms with Crippen LogP contribution in [0.3, 0.4) is 0 Å². The van der Waals surface area contributed by atoms with Gasteiger partial charge in [-0.1, -0.05) is 6.92 Å². The van der Waals surface area contributed by atoms with Gasteiger partial charge in [0.05, 0.1) is 5.92 Å². The molecule has 0 aromatic heterocycles. The third-order valence-electron chi connectivity index (χ3n) is 3.54. The maximum atomic E-state index is 11.4. The van der Waals surface area contributed by atoms with Gasteiger partial charge in [0.2, 0.25) is 5.60 Å². The Morgan fingerprint density at radius 1 is 1.44 bits per heavy atom. The summed E-state index contributed by atoms with van der Waals surface area (Å²) in [6, 6.07) is 0. The summed E-state index contributed by atoms with van der Waals surface area (Å²) >= 11 is 0. The van der Waals surface area contributed by atoms with Crippen LogP contribution in [-0.2, 0) is 19.1 Å². The molecule has 0 bridgehead atoms. The molecule has 2 fully saturated rings. The number of carbonyl (C=O) groups is 2. The Morgan fingerprint density at radius 3 is 2.50 bits per heavy atom. The molecule has 0 saturated carbocycles. The van der Waals surface area contributed by atoms with Crippen LogP contribution in [0.2, 0.25) is 0 Å². The van der Waals surface area contributed by atoms with Crippen LogP contribution in [0.4, 0.5) is 0 Å². The molecule has 5 nitrogen and oxygen atoms in total. The number of carbonyl (C=O) groups excluding carboxylic acids is 1. The molecule has 2 aliphatic heterocycles. The van der Waals surface area contributed by atoms with Crippen molar-refractivity contribution in [1.82, 2.24) is 0 Å². The van der Waals surface area contributed by atoms with Crippen molar-refractivity contribution in [1.29, 1.82) is 0 Å². The van der Waals surface area contributed by atoms with Crippen molar-refractivity contribution in [2.24, 2.45) is 11.8 Å². The summed E-state index contributed by atoms with van der Waals surface area (Å²) in [6.07, 6.45) is 1.57.